The molecule has 19 heavy (non-hydrogen) atoms. The molecule has 3 nitrogen and oxygen atoms in total. The molecule has 0 amide bonds. The third kappa shape index (κ3) is 7.07. The molecule has 0 atom stereocenters. The summed E-state index contributed by atoms with van der Waals surface area (Å²) in [5.41, 5.74) is 0. The largest absolute Gasteiger partial charge is 0.314 e. The van der Waals surface area contributed by atoms with Crippen LogP contribution in [-0.4, -0.2) is 42.9 Å². The van der Waals surface area contributed by atoms with E-state index in [4.69, 9.17) is 0 Å². The van der Waals surface area contributed by atoms with Crippen LogP contribution in [0.3, 0.4) is 0 Å². The van der Waals surface area contributed by atoms with Gasteiger partial charge in [0.1, 0.15) is 5.78 Å². The second-order valence-corrected chi connectivity index (χ2v) is 6.62. The van der Waals surface area contributed by atoms with Crippen LogP contribution >= 0.6 is 0 Å². The third-order valence-electron chi connectivity index (χ3n) is 3.89. The summed E-state index contributed by atoms with van der Waals surface area (Å²) >= 11 is 0. The predicted molar refractivity (Wildman–Crippen MR) is 83.5 cm³/mol. The molecule has 1 saturated heterocycles. The van der Waals surface area contributed by atoms with Gasteiger partial charge in [0, 0.05) is 39.4 Å². The summed E-state index contributed by atoms with van der Waals surface area (Å²) in [6.45, 7) is 13.3. The number of nitrogens with one attached hydrogen (secondary N) is 1. The molecular weight excluding hydrogens is 236 g/mol. The van der Waals surface area contributed by atoms with E-state index in [1.165, 1.54) is 32.5 Å². The molecule has 0 aliphatic carbocycles. The minimum absolute atomic E-state index is 0. The smallest absolute Gasteiger partial charge is 0.135 e. The van der Waals surface area contributed by atoms with Crippen LogP contribution in [0.15, 0.2) is 0 Å². The molecule has 3 heteroatoms. The van der Waals surface area contributed by atoms with E-state index in [9.17, 15) is 4.79 Å². The van der Waals surface area contributed by atoms with E-state index in [1.54, 1.807) is 0 Å². The van der Waals surface area contributed by atoms with Crippen LogP contribution in [0.2, 0.25) is 0 Å². The summed E-state index contributed by atoms with van der Waals surface area (Å²) in [5, 5.41) is 3.50. The standard InChI is InChI=1S/C16H32N2O.H2/c1-13(2)16(19)8-6-5-7-9-18-11-15(12-18)10-17-14(3)4;/h13-15,17H,5-12H2,1-4H3;1H. The highest BCUT2D eigenvalue weighted by molar-refractivity contribution is 5.80. The van der Waals surface area contributed by atoms with E-state index in [0.717, 1.165) is 25.3 Å². The number of hydrogen-bond acceptors (Lipinski definition) is 3. The number of likely N-dealkylation sites (tertiary alicyclic amines) is 1. The zero-order valence-corrected chi connectivity index (χ0v) is 13.2. The Labute approximate surface area is 120 Å². The van der Waals surface area contributed by atoms with E-state index in [-0.39, 0.29) is 7.34 Å². The first-order valence-electron chi connectivity index (χ1n) is 7.97. The zero-order chi connectivity index (χ0) is 14.3. The van der Waals surface area contributed by atoms with Crippen LogP contribution in [0, 0.1) is 11.8 Å². The number of carbonyl (C=O) groups is 1. The zero-order valence-electron chi connectivity index (χ0n) is 13.2. The Morgan fingerprint density at radius 3 is 2.47 bits per heavy atom. The van der Waals surface area contributed by atoms with Gasteiger partial charge in [-0.3, -0.25) is 4.79 Å². The highest BCUT2D eigenvalue weighted by atomic mass is 16.1. The topological polar surface area (TPSA) is 32.3 Å². The minimum atomic E-state index is 0. The van der Waals surface area contributed by atoms with Crippen LogP contribution in [-0.2, 0) is 4.79 Å². The first-order valence-corrected chi connectivity index (χ1v) is 7.97. The van der Waals surface area contributed by atoms with Crippen LogP contribution in [0.4, 0.5) is 0 Å². The fourth-order valence-electron chi connectivity index (χ4n) is 2.49. The van der Waals surface area contributed by atoms with Crippen molar-refractivity contribution in [2.24, 2.45) is 11.8 Å². The summed E-state index contributed by atoms with van der Waals surface area (Å²) in [5.74, 6) is 1.48. The van der Waals surface area contributed by atoms with Gasteiger partial charge in [-0.25, -0.2) is 0 Å². The Balaban J connectivity index is 0.00000361. The third-order valence-corrected chi connectivity index (χ3v) is 3.89. The van der Waals surface area contributed by atoms with Gasteiger partial charge >= 0.3 is 0 Å². The fraction of sp³-hybridized carbons (Fsp3) is 0.938. The quantitative estimate of drug-likeness (QED) is 0.619. The molecule has 0 radical (unpaired) electrons. The van der Waals surface area contributed by atoms with Crippen molar-refractivity contribution in [1.82, 2.24) is 10.2 Å². The number of rotatable bonds is 10. The average molecular weight is 270 g/mol. The van der Waals surface area contributed by atoms with Crippen molar-refractivity contribution in [3.05, 3.63) is 0 Å². The maximum Gasteiger partial charge on any atom is 0.135 e. The number of nitrogens with zero attached hydrogens (tertiary/aromatic N) is 1. The highest BCUT2D eigenvalue weighted by Gasteiger charge is 2.25. The summed E-state index contributed by atoms with van der Waals surface area (Å²) in [6, 6.07) is 0.604. The Kier molecular flexibility index (Phi) is 7.62. The minimum Gasteiger partial charge on any atom is -0.314 e. The van der Waals surface area contributed by atoms with Crippen LogP contribution in [0.5, 0.6) is 0 Å². The summed E-state index contributed by atoms with van der Waals surface area (Å²) in [4.78, 5) is 14.0. The van der Waals surface area contributed by atoms with E-state index in [1.807, 2.05) is 13.8 Å². The molecule has 0 aromatic heterocycles. The summed E-state index contributed by atoms with van der Waals surface area (Å²) in [7, 11) is 0. The molecule has 1 heterocycles. The molecule has 0 aromatic rings. The first kappa shape index (κ1) is 16.6. The predicted octanol–water partition coefficient (Wildman–Crippen LogP) is 2.95. The van der Waals surface area contributed by atoms with Crippen LogP contribution < -0.4 is 5.32 Å². The molecule has 0 unspecified atom stereocenters. The fourth-order valence-corrected chi connectivity index (χ4v) is 2.49. The van der Waals surface area contributed by atoms with E-state index >= 15 is 0 Å². The van der Waals surface area contributed by atoms with Crippen molar-refractivity contribution < 1.29 is 6.22 Å². The van der Waals surface area contributed by atoms with Crippen molar-refractivity contribution in [1.29, 1.82) is 0 Å². The van der Waals surface area contributed by atoms with Crippen molar-refractivity contribution >= 4 is 5.78 Å². The second kappa shape index (κ2) is 8.70. The Bertz CT molecular complexity index is 263. The average Bonchev–Trinajstić information content (AvgIpc) is 2.29. The molecule has 1 N–H and O–H groups in total. The molecule has 1 rings (SSSR count). The van der Waals surface area contributed by atoms with E-state index < -0.39 is 0 Å². The molecule has 0 aromatic carbocycles. The molecule has 1 aliphatic rings. The highest BCUT2D eigenvalue weighted by Crippen LogP contribution is 2.16. The lowest BCUT2D eigenvalue weighted by atomic mass is 9.98. The molecule has 1 aliphatic heterocycles. The van der Waals surface area contributed by atoms with Crippen molar-refractivity contribution in [2.45, 2.75) is 59.4 Å². The van der Waals surface area contributed by atoms with Crippen molar-refractivity contribution in [3.8, 4) is 0 Å². The van der Waals surface area contributed by atoms with Crippen molar-refractivity contribution in [3.63, 3.8) is 0 Å². The summed E-state index contributed by atoms with van der Waals surface area (Å²) in [6.07, 6.45) is 4.29. The van der Waals surface area contributed by atoms with Gasteiger partial charge in [-0.1, -0.05) is 34.1 Å². The Morgan fingerprint density at radius 2 is 1.89 bits per heavy atom. The summed E-state index contributed by atoms with van der Waals surface area (Å²) < 4.78 is 0. The van der Waals surface area contributed by atoms with Gasteiger partial charge in [0.05, 0.1) is 0 Å². The van der Waals surface area contributed by atoms with Gasteiger partial charge in [-0.2, -0.15) is 0 Å². The Morgan fingerprint density at radius 1 is 1.21 bits per heavy atom. The normalized spacial score (nSPS) is 17.2. The van der Waals surface area contributed by atoms with Gasteiger partial charge in [0.25, 0.3) is 0 Å². The number of carbonyl (C=O) groups excluding carboxylic acids is 1. The number of unbranched alkanes of at least 4 members (excludes halogenated alkanes) is 2. The molecule has 1 fully saturated rings. The van der Waals surface area contributed by atoms with Crippen LogP contribution in [0.25, 0.3) is 0 Å². The molecular formula is C16H34N2O. The van der Waals surface area contributed by atoms with Crippen molar-refractivity contribution in [2.75, 3.05) is 26.2 Å². The number of hydrogen-bond donors (Lipinski definition) is 1. The van der Waals surface area contributed by atoms with Gasteiger partial charge < -0.3 is 10.2 Å². The maximum atomic E-state index is 11.5. The first-order chi connectivity index (χ1) is 8.99. The molecule has 114 valence electrons. The Hall–Kier alpha value is -0.410. The van der Waals surface area contributed by atoms with Gasteiger partial charge in [-0.15, -0.1) is 0 Å². The lowest BCUT2D eigenvalue weighted by molar-refractivity contribution is -0.122. The van der Waals surface area contributed by atoms with Crippen LogP contribution in [0.1, 0.15) is 54.8 Å². The SMILES string of the molecule is CC(C)NCC1CN(CCCCCC(=O)C(C)C)C1.[HH]. The molecule has 0 spiro atoms. The number of ketones is 1. The van der Waals surface area contributed by atoms with Gasteiger partial charge in [0.15, 0.2) is 0 Å². The maximum absolute atomic E-state index is 11.5. The van der Waals surface area contributed by atoms with E-state index in [0.29, 0.717) is 11.8 Å². The lowest BCUT2D eigenvalue weighted by Crippen LogP contribution is -2.51. The van der Waals surface area contributed by atoms with Gasteiger partial charge in [-0.05, 0) is 25.3 Å². The second-order valence-electron chi connectivity index (χ2n) is 6.62. The van der Waals surface area contributed by atoms with E-state index in [2.05, 4.69) is 24.1 Å². The van der Waals surface area contributed by atoms with Gasteiger partial charge in [0.2, 0.25) is 0 Å². The molecule has 0 saturated carbocycles. The lowest BCUT2D eigenvalue weighted by Gasteiger charge is -2.39. The molecule has 0 bridgehead atoms. The monoisotopic (exact) mass is 270 g/mol. The number of Topliss-reactive ketones (excluding diaryl/α,β-unsaturated/α-hetero) is 1.